The molecule has 3 rings (SSSR count). The van der Waals surface area contributed by atoms with Gasteiger partial charge in [0.15, 0.2) is 6.10 Å². The van der Waals surface area contributed by atoms with Crippen molar-refractivity contribution in [1.29, 1.82) is 0 Å². The molecular formula is C24H21F3N2O3. The van der Waals surface area contributed by atoms with Crippen molar-refractivity contribution in [3.63, 3.8) is 0 Å². The summed E-state index contributed by atoms with van der Waals surface area (Å²) >= 11 is 0. The minimum Gasteiger partial charge on any atom is -0.378 e. The number of halogens is 3. The molecule has 3 aromatic carbocycles. The maximum absolute atomic E-state index is 12.7. The van der Waals surface area contributed by atoms with Crippen LogP contribution in [0.5, 0.6) is 0 Å². The Labute approximate surface area is 182 Å². The highest BCUT2D eigenvalue weighted by molar-refractivity contribution is 5.89. The van der Waals surface area contributed by atoms with E-state index >= 15 is 0 Å². The van der Waals surface area contributed by atoms with E-state index in [0.29, 0.717) is 0 Å². The normalized spacial score (nSPS) is 13.2. The summed E-state index contributed by atoms with van der Waals surface area (Å²) in [7, 11) is 0. The number of hydrogen-bond donors (Lipinski definition) is 3. The van der Waals surface area contributed by atoms with E-state index in [-0.39, 0.29) is 12.0 Å². The first-order valence-electron chi connectivity index (χ1n) is 9.74. The van der Waals surface area contributed by atoms with Crippen LogP contribution in [0, 0.1) is 0 Å². The average Bonchev–Trinajstić information content (AvgIpc) is 2.78. The molecule has 0 bridgehead atoms. The zero-order chi connectivity index (χ0) is 23.3. The second kappa shape index (κ2) is 9.65. The molecule has 2 amide bonds. The van der Waals surface area contributed by atoms with Crippen LogP contribution in [0.25, 0.3) is 11.1 Å². The highest BCUT2D eigenvalue weighted by atomic mass is 19.4. The number of carbonyl (C=O) groups excluding carboxylic acids is 2. The summed E-state index contributed by atoms with van der Waals surface area (Å²) < 4.78 is 38.0. The standard InChI is InChI=1S/C24H21F3N2O3/c25-24(26,27)19-12-10-18(11-13-19)21(30)23(32)29-20(22(28)31)14-15-6-8-17(9-7-15)16-4-2-1-3-5-16/h1-13,20-21,30H,14H2,(H2,28,31)(H,29,32)/t20-,21+/m0/s1. The Morgan fingerprint density at radius 2 is 1.44 bits per heavy atom. The molecule has 2 atom stereocenters. The van der Waals surface area contributed by atoms with Gasteiger partial charge in [0, 0.05) is 6.42 Å². The summed E-state index contributed by atoms with van der Waals surface area (Å²) in [6.07, 6.45) is -6.19. The van der Waals surface area contributed by atoms with Crippen molar-refractivity contribution in [2.24, 2.45) is 5.73 Å². The summed E-state index contributed by atoms with van der Waals surface area (Å²) in [5.41, 5.74) is 7.20. The molecule has 0 radical (unpaired) electrons. The molecule has 0 spiro atoms. The fraction of sp³-hybridized carbons (Fsp3) is 0.167. The van der Waals surface area contributed by atoms with Gasteiger partial charge in [0.2, 0.25) is 5.91 Å². The first kappa shape index (κ1) is 23.0. The summed E-state index contributed by atoms with van der Waals surface area (Å²) in [5.74, 6) is -1.74. The molecule has 0 fully saturated rings. The molecule has 0 unspecified atom stereocenters. The molecule has 4 N–H and O–H groups in total. The van der Waals surface area contributed by atoms with E-state index in [4.69, 9.17) is 5.73 Å². The molecule has 0 aliphatic heterocycles. The SMILES string of the molecule is NC(=O)[C@H](Cc1ccc(-c2ccccc2)cc1)NC(=O)[C@H](O)c1ccc(C(F)(F)F)cc1. The number of primary amides is 1. The lowest BCUT2D eigenvalue weighted by Gasteiger charge is -2.19. The van der Waals surface area contributed by atoms with Crippen LogP contribution in [-0.2, 0) is 22.2 Å². The van der Waals surface area contributed by atoms with Crippen molar-refractivity contribution in [2.45, 2.75) is 24.7 Å². The molecular weight excluding hydrogens is 421 g/mol. The van der Waals surface area contributed by atoms with Crippen molar-refractivity contribution in [2.75, 3.05) is 0 Å². The van der Waals surface area contributed by atoms with Crippen LogP contribution in [0.15, 0.2) is 78.9 Å². The van der Waals surface area contributed by atoms with E-state index < -0.39 is 35.7 Å². The molecule has 166 valence electrons. The van der Waals surface area contributed by atoms with Gasteiger partial charge < -0.3 is 16.2 Å². The number of hydrogen-bond acceptors (Lipinski definition) is 3. The van der Waals surface area contributed by atoms with Crippen LogP contribution in [-0.4, -0.2) is 23.0 Å². The number of nitrogens with two attached hydrogens (primary N) is 1. The zero-order valence-corrected chi connectivity index (χ0v) is 16.8. The van der Waals surface area contributed by atoms with Crippen LogP contribution in [0.1, 0.15) is 22.8 Å². The molecule has 0 saturated carbocycles. The third-order valence-corrected chi connectivity index (χ3v) is 4.96. The molecule has 0 heterocycles. The van der Waals surface area contributed by atoms with E-state index in [1.165, 1.54) is 0 Å². The lowest BCUT2D eigenvalue weighted by Crippen LogP contribution is -2.47. The van der Waals surface area contributed by atoms with E-state index in [9.17, 15) is 27.9 Å². The predicted octanol–water partition coefficient (Wildman–Crippen LogP) is 3.62. The number of aliphatic hydroxyl groups excluding tert-OH is 1. The largest absolute Gasteiger partial charge is 0.416 e. The molecule has 0 aliphatic rings. The predicted molar refractivity (Wildman–Crippen MR) is 113 cm³/mol. The van der Waals surface area contributed by atoms with E-state index in [0.717, 1.165) is 41.0 Å². The zero-order valence-electron chi connectivity index (χ0n) is 16.8. The number of nitrogens with one attached hydrogen (secondary N) is 1. The van der Waals surface area contributed by atoms with Crippen molar-refractivity contribution < 1.29 is 27.9 Å². The molecule has 5 nitrogen and oxygen atoms in total. The van der Waals surface area contributed by atoms with Gasteiger partial charge in [-0.2, -0.15) is 13.2 Å². The Morgan fingerprint density at radius 1 is 0.875 bits per heavy atom. The topological polar surface area (TPSA) is 92.4 Å². The Kier molecular flexibility index (Phi) is 6.95. The number of carbonyl (C=O) groups is 2. The third kappa shape index (κ3) is 5.73. The van der Waals surface area contributed by atoms with Crippen LogP contribution >= 0.6 is 0 Å². The van der Waals surface area contributed by atoms with Crippen molar-refractivity contribution in [3.05, 3.63) is 95.6 Å². The van der Waals surface area contributed by atoms with Gasteiger partial charge in [0.1, 0.15) is 6.04 Å². The highest BCUT2D eigenvalue weighted by Gasteiger charge is 2.31. The third-order valence-electron chi connectivity index (χ3n) is 4.96. The number of alkyl halides is 3. The van der Waals surface area contributed by atoms with Gasteiger partial charge in [-0.15, -0.1) is 0 Å². The Bertz CT molecular complexity index is 1070. The Hall–Kier alpha value is -3.65. The van der Waals surface area contributed by atoms with Gasteiger partial charge >= 0.3 is 6.18 Å². The molecule has 0 saturated heterocycles. The lowest BCUT2D eigenvalue weighted by atomic mass is 10.00. The number of benzene rings is 3. The van der Waals surface area contributed by atoms with Gasteiger partial charge in [0.25, 0.3) is 5.91 Å². The summed E-state index contributed by atoms with van der Waals surface area (Å²) in [6.45, 7) is 0. The van der Waals surface area contributed by atoms with Gasteiger partial charge in [-0.25, -0.2) is 0 Å². The lowest BCUT2D eigenvalue weighted by molar-refractivity contribution is -0.137. The first-order valence-corrected chi connectivity index (χ1v) is 9.74. The van der Waals surface area contributed by atoms with E-state index in [1.807, 2.05) is 42.5 Å². The molecule has 0 aromatic heterocycles. The van der Waals surface area contributed by atoms with Crippen molar-refractivity contribution in [3.8, 4) is 11.1 Å². The van der Waals surface area contributed by atoms with E-state index in [2.05, 4.69) is 5.32 Å². The second-order valence-electron chi connectivity index (χ2n) is 7.25. The Morgan fingerprint density at radius 3 is 1.97 bits per heavy atom. The summed E-state index contributed by atoms with van der Waals surface area (Å²) in [4.78, 5) is 24.2. The van der Waals surface area contributed by atoms with Gasteiger partial charge in [-0.1, -0.05) is 66.7 Å². The fourth-order valence-electron chi connectivity index (χ4n) is 3.18. The van der Waals surface area contributed by atoms with E-state index in [1.54, 1.807) is 12.1 Å². The minimum atomic E-state index is -4.53. The summed E-state index contributed by atoms with van der Waals surface area (Å²) in [5, 5.41) is 12.6. The van der Waals surface area contributed by atoms with Gasteiger partial charge in [-0.05, 0) is 34.4 Å². The molecule has 3 aromatic rings. The molecule has 8 heteroatoms. The summed E-state index contributed by atoms with van der Waals surface area (Å²) in [6, 6.07) is 19.5. The maximum atomic E-state index is 12.7. The second-order valence-corrected chi connectivity index (χ2v) is 7.25. The van der Waals surface area contributed by atoms with Crippen LogP contribution in [0.2, 0.25) is 0 Å². The van der Waals surface area contributed by atoms with Crippen molar-refractivity contribution in [1.82, 2.24) is 5.32 Å². The van der Waals surface area contributed by atoms with Gasteiger partial charge in [0.05, 0.1) is 5.56 Å². The fourth-order valence-corrected chi connectivity index (χ4v) is 3.18. The monoisotopic (exact) mass is 442 g/mol. The highest BCUT2D eigenvalue weighted by Crippen LogP contribution is 2.30. The number of rotatable bonds is 7. The molecule has 0 aliphatic carbocycles. The molecule has 32 heavy (non-hydrogen) atoms. The van der Waals surface area contributed by atoms with Crippen LogP contribution in [0.3, 0.4) is 0 Å². The maximum Gasteiger partial charge on any atom is 0.416 e. The first-order chi connectivity index (χ1) is 15.1. The number of amides is 2. The quantitative estimate of drug-likeness (QED) is 0.522. The van der Waals surface area contributed by atoms with Crippen molar-refractivity contribution >= 4 is 11.8 Å². The van der Waals surface area contributed by atoms with Crippen LogP contribution < -0.4 is 11.1 Å². The van der Waals surface area contributed by atoms with Crippen LogP contribution in [0.4, 0.5) is 13.2 Å². The number of aliphatic hydroxyl groups is 1. The smallest absolute Gasteiger partial charge is 0.378 e. The average molecular weight is 442 g/mol. The minimum absolute atomic E-state index is 0.0362. The van der Waals surface area contributed by atoms with Gasteiger partial charge in [-0.3, -0.25) is 9.59 Å². The Balaban J connectivity index is 1.67.